The summed E-state index contributed by atoms with van der Waals surface area (Å²) in [5.41, 5.74) is 7.56. The van der Waals surface area contributed by atoms with Crippen LogP contribution in [-0.2, 0) is 0 Å². The van der Waals surface area contributed by atoms with E-state index in [1.807, 2.05) is 43.1 Å². The molecule has 0 fully saturated rings. The zero-order valence-electron chi connectivity index (χ0n) is 8.57. The lowest BCUT2D eigenvalue weighted by Crippen LogP contribution is -2.28. The quantitative estimate of drug-likeness (QED) is 0.740. The van der Waals surface area contributed by atoms with Crippen molar-refractivity contribution in [3.63, 3.8) is 0 Å². The Labute approximate surface area is 84.7 Å². The highest BCUT2D eigenvalue weighted by Gasteiger charge is 2.10. The first-order valence-corrected chi connectivity index (χ1v) is 4.61. The van der Waals surface area contributed by atoms with Gasteiger partial charge in [0.25, 0.3) is 0 Å². The Balaban J connectivity index is 2.84. The van der Waals surface area contributed by atoms with Gasteiger partial charge in [-0.3, -0.25) is 0 Å². The molecule has 0 bridgehead atoms. The van der Waals surface area contributed by atoms with Crippen LogP contribution in [0.2, 0.25) is 0 Å². The number of benzene rings is 1. The van der Waals surface area contributed by atoms with Crippen LogP contribution in [0.5, 0.6) is 0 Å². The summed E-state index contributed by atoms with van der Waals surface area (Å²) in [6, 6.07) is 10.0. The molecule has 3 heteroatoms. The molecule has 14 heavy (non-hydrogen) atoms. The Morgan fingerprint density at radius 3 is 2.71 bits per heavy atom. The zero-order chi connectivity index (χ0) is 10.6. The maximum atomic E-state index is 8.59. The molecule has 2 N–H and O–H groups in total. The number of nitrogens with zero attached hydrogens (tertiary/aromatic N) is 2. The number of nitrogens with two attached hydrogens (primary N) is 1. The molecule has 0 aliphatic heterocycles. The van der Waals surface area contributed by atoms with Gasteiger partial charge in [0.15, 0.2) is 0 Å². The summed E-state index contributed by atoms with van der Waals surface area (Å²) >= 11 is 0. The summed E-state index contributed by atoms with van der Waals surface area (Å²) in [5, 5.41) is 8.59. The van der Waals surface area contributed by atoms with Crippen molar-refractivity contribution in [1.82, 2.24) is 0 Å². The minimum absolute atomic E-state index is 0.185. The van der Waals surface area contributed by atoms with Crippen LogP contribution in [0.1, 0.15) is 13.3 Å². The molecule has 0 aliphatic carbocycles. The molecule has 0 heterocycles. The Morgan fingerprint density at radius 2 is 2.14 bits per heavy atom. The highest BCUT2D eigenvalue weighted by atomic mass is 15.1. The topological polar surface area (TPSA) is 53.0 Å². The van der Waals surface area contributed by atoms with Gasteiger partial charge in [0.2, 0.25) is 0 Å². The fraction of sp³-hybridized carbons (Fsp3) is 0.364. The van der Waals surface area contributed by atoms with E-state index >= 15 is 0 Å². The van der Waals surface area contributed by atoms with Gasteiger partial charge in [-0.1, -0.05) is 12.1 Å². The number of nitrogen functional groups attached to an aromatic ring is 1. The Hall–Kier alpha value is -1.69. The SMILES string of the molecule is CC(CC#N)N(C)c1ccccc1N. The van der Waals surface area contributed by atoms with Crippen LogP contribution in [0.4, 0.5) is 11.4 Å². The smallest absolute Gasteiger partial charge is 0.0643 e. The van der Waals surface area contributed by atoms with Crippen molar-refractivity contribution < 1.29 is 0 Å². The number of rotatable bonds is 3. The Morgan fingerprint density at radius 1 is 1.50 bits per heavy atom. The molecule has 3 nitrogen and oxygen atoms in total. The number of hydrogen-bond acceptors (Lipinski definition) is 3. The lowest BCUT2D eigenvalue weighted by atomic mass is 10.2. The summed E-state index contributed by atoms with van der Waals surface area (Å²) in [4.78, 5) is 2.03. The van der Waals surface area contributed by atoms with Crippen LogP contribution in [0.25, 0.3) is 0 Å². The van der Waals surface area contributed by atoms with Crippen molar-refractivity contribution in [2.45, 2.75) is 19.4 Å². The summed E-state index contributed by atoms with van der Waals surface area (Å²) in [7, 11) is 1.95. The molecular formula is C11H15N3. The van der Waals surface area contributed by atoms with E-state index < -0.39 is 0 Å². The van der Waals surface area contributed by atoms with Gasteiger partial charge < -0.3 is 10.6 Å². The van der Waals surface area contributed by atoms with E-state index in [1.165, 1.54) is 0 Å². The van der Waals surface area contributed by atoms with Crippen molar-refractivity contribution in [1.29, 1.82) is 5.26 Å². The second-order valence-electron chi connectivity index (χ2n) is 3.38. The fourth-order valence-electron chi connectivity index (χ4n) is 1.32. The predicted molar refractivity (Wildman–Crippen MR) is 58.9 cm³/mol. The molecule has 74 valence electrons. The molecule has 0 spiro atoms. The molecule has 0 aliphatic rings. The molecule has 1 aromatic carbocycles. The third-order valence-corrected chi connectivity index (χ3v) is 2.36. The molecule has 1 rings (SSSR count). The molecule has 1 atom stereocenters. The first-order valence-electron chi connectivity index (χ1n) is 4.61. The number of nitriles is 1. The van der Waals surface area contributed by atoms with Gasteiger partial charge in [-0.15, -0.1) is 0 Å². The molecule has 1 unspecified atom stereocenters. The van der Waals surface area contributed by atoms with Gasteiger partial charge in [-0.05, 0) is 19.1 Å². The van der Waals surface area contributed by atoms with E-state index in [4.69, 9.17) is 11.0 Å². The van der Waals surface area contributed by atoms with Gasteiger partial charge in [0.1, 0.15) is 0 Å². The van der Waals surface area contributed by atoms with Gasteiger partial charge in [-0.25, -0.2) is 0 Å². The molecule has 1 aromatic rings. The van der Waals surface area contributed by atoms with Crippen molar-refractivity contribution in [3.05, 3.63) is 24.3 Å². The van der Waals surface area contributed by atoms with Crippen LogP contribution < -0.4 is 10.6 Å². The monoisotopic (exact) mass is 189 g/mol. The second kappa shape index (κ2) is 4.52. The molecule has 0 amide bonds. The number of hydrogen-bond donors (Lipinski definition) is 1. The summed E-state index contributed by atoms with van der Waals surface area (Å²) in [6.45, 7) is 2.01. The van der Waals surface area contributed by atoms with E-state index in [0.717, 1.165) is 11.4 Å². The van der Waals surface area contributed by atoms with Crippen LogP contribution in [0.3, 0.4) is 0 Å². The second-order valence-corrected chi connectivity index (χ2v) is 3.38. The van der Waals surface area contributed by atoms with Gasteiger partial charge in [0.05, 0.1) is 23.9 Å². The zero-order valence-corrected chi connectivity index (χ0v) is 8.57. The molecule has 0 radical (unpaired) electrons. The Bertz CT molecular complexity index is 341. The molecule has 0 saturated heterocycles. The van der Waals surface area contributed by atoms with Crippen molar-refractivity contribution in [3.8, 4) is 6.07 Å². The van der Waals surface area contributed by atoms with Crippen LogP contribution in [-0.4, -0.2) is 13.1 Å². The van der Waals surface area contributed by atoms with E-state index in [2.05, 4.69) is 6.07 Å². The van der Waals surface area contributed by atoms with Crippen LogP contribution >= 0.6 is 0 Å². The Kier molecular flexibility index (Phi) is 3.35. The van der Waals surface area contributed by atoms with Crippen LogP contribution in [0, 0.1) is 11.3 Å². The number of para-hydroxylation sites is 2. The van der Waals surface area contributed by atoms with Crippen LogP contribution in [0.15, 0.2) is 24.3 Å². The fourth-order valence-corrected chi connectivity index (χ4v) is 1.32. The molecule has 0 saturated carbocycles. The maximum absolute atomic E-state index is 8.59. The molecular weight excluding hydrogens is 174 g/mol. The summed E-state index contributed by atoms with van der Waals surface area (Å²) in [5.74, 6) is 0. The van der Waals surface area contributed by atoms with Crippen molar-refractivity contribution in [2.75, 3.05) is 17.7 Å². The van der Waals surface area contributed by atoms with Crippen molar-refractivity contribution in [2.24, 2.45) is 0 Å². The lowest BCUT2D eigenvalue weighted by molar-refractivity contribution is 0.703. The van der Waals surface area contributed by atoms with Crippen molar-refractivity contribution >= 4 is 11.4 Å². The third-order valence-electron chi connectivity index (χ3n) is 2.36. The minimum atomic E-state index is 0.185. The summed E-state index contributed by atoms with van der Waals surface area (Å²) < 4.78 is 0. The average Bonchev–Trinajstić information content (AvgIpc) is 2.18. The lowest BCUT2D eigenvalue weighted by Gasteiger charge is -2.26. The standard InChI is InChI=1S/C11H15N3/c1-9(7-8-12)14(2)11-6-4-3-5-10(11)13/h3-6,9H,7,13H2,1-2H3. The number of anilines is 2. The minimum Gasteiger partial charge on any atom is -0.397 e. The van der Waals surface area contributed by atoms with E-state index in [0.29, 0.717) is 6.42 Å². The van der Waals surface area contributed by atoms with E-state index in [-0.39, 0.29) is 6.04 Å². The third kappa shape index (κ3) is 2.17. The average molecular weight is 189 g/mol. The van der Waals surface area contributed by atoms with Gasteiger partial charge in [-0.2, -0.15) is 5.26 Å². The highest BCUT2D eigenvalue weighted by Crippen LogP contribution is 2.23. The van der Waals surface area contributed by atoms with E-state index in [9.17, 15) is 0 Å². The first-order chi connectivity index (χ1) is 6.66. The van der Waals surface area contributed by atoms with Gasteiger partial charge in [0, 0.05) is 13.1 Å². The summed E-state index contributed by atoms with van der Waals surface area (Å²) in [6.07, 6.45) is 0.505. The van der Waals surface area contributed by atoms with E-state index in [1.54, 1.807) is 0 Å². The predicted octanol–water partition coefficient (Wildman–Crippen LogP) is 2.01. The first kappa shape index (κ1) is 10.4. The maximum Gasteiger partial charge on any atom is 0.0643 e. The van der Waals surface area contributed by atoms with Gasteiger partial charge >= 0.3 is 0 Å². The molecule has 0 aromatic heterocycles. The normalized spacial score (nSPS) is 11.8. The largest absolute Gasteiger partial charge is 0.397 e. The highest BCUT2D eigenvalue weighted by molar-refractivity contribution is 5.67.